The number of hydrogen-bond acceptors (Lipinski definition) is 2. The largest absolute Gasteiger partial charge is 0.493 e. The highest BCUT2D eigenvalue weighted by atomic mass is 79.9. The van der Waals surface area contributed by atoms with Crippen LogP contribution in [0.5, 0.6) is 5.75 Å². The van der Waals surface area contributed by atoms with E-state index in [0.717, 1.165) is 33.3 Å². The van der Waals surface area contributed by atoms with Crippen LogP contribution in [0.3, 0.4) is 0 Å². The second-order valence-electron chi connectivity index (χ2n) is 4.84. The Morgan fingerprint density at radius 2 is 2.05 bits per heavy atom. The lowest BCUT2D eigenvalue weighted by molar-refractivity contribution is 0.213. The molecule has 1 atom stereocenters. The van der Waals surface area contributed by atoms with E-state index in [4.69, 9.17) is 4.74 Å². The molecule has 98 valence electrons. The fourth-order valence-corrected chi connectivity index (χ4v) is 3.04. The van der Waals surface area contributed by atoms with Gasteiger partial charge in [0.25, 0.3) is 0 Å². The average molecular weight is 319 g/mol. The minimum Gasteiger partial charge on any atom is -0.493 e. The van der Waals surface area contributed by atoms with Crippen LogP contribution in [0, 0.1) is 6.92 Å². The molecule has 0 fully saturated rings. The van der Waals surface area contributed by atoms with Crippen molar-refractivity contribution in [2.24, 2.45) is 0 Å². The molecule has 0 bridgehead atoms. The highest BCUT2D eigenvalue weighted by Crippen LogP contribution is 2.37. The van der Waals surface area contributed by atoms with Crippen LogP contribution in [-0.4, -0.2) is 11.7 Å². The van der Waals surface area contributed by atoms with Crippen molar-refractivity contribution in [3.8, 4) is 5.75 Å². The van der Waals surface area contributed by atoms with E-state index in [1.165, 1.54) is 5.56 Å². The SMILES string of the molecule is Cc1cc(Br)ccc1C(O)c1cccc2c1OCC2. The number of aliphatic hydroxyl groups is 1. The molecule has 2 nitrogen and oxygen atoms in total. The molecule has 0 spiro atoms. The minimum absolute atomic E-state index is 0.638. The summed E-state index contributed by atoms with van der Waals surface area (Å²) in [4.78, 5) is 0. The van der Waals surface area contributed by atoms with Crippen molar-refractivity contribution in [2.75, 3.05) is 6.61 Å². The van der Waals surface area contributed by atoms with Crippen LogP contribution < -0.4 is 4.74 Å². The van der Waals surface area contributed by atoms with Crippen LogP contribution in [0.1, 0.15) is 28.4 Å². The van der Waals surface area contributed by atoms with Gasteiger partial charge in [0.05, 0.1) is 6.61 Å². The normalized spacial score (nSPS) is 14.9. The second-order valence-corrected chi connectivity index (χ2v) is 5.75. The van der Waals surface area contributed by atoms with Crippen molar-refractivity contribution in [1.29, 1.82) is 0 Å². The highest BCUT2D eigenvalue weighted by Gasteiger charge is 2.22. The van der Waals surface area contributed by atoms with Crippen LogP contribution in [0.4, 0.5) is 0 Å². The fraction of sp³-hybridized carbons (Fsp3) is 0.250. The molecular formula is C16H15BrO2. The van der Waals surface area contributed by atoms with Crippen LogP contribution >= 0.6 is 15.9 Å². The molecule has 0 radical (unpaired) electrons. The number of ether oxygens (including phenoxy) is 1. The van der Waals surface area contributed by atoms with Gasteiger partial charge in [-0.15, -0.1) is 0 Å². The number of fused-ring (bicyclic) bond motifs is 1. The first-order chi connectivity index (χ1) is 9.16. The molecular weight excluding hydrogens is 304 g/mol. The monoisotopic (exact) mass is 318 g/mol. The van der Waals surface area contributed by atoms with Crippen LogP contribution in [0.2, 0.25) is 0 Å². The first-order valence-electron chi connectivity index (χ1n) is 6.35. The predicted octanol–water partition coefficient (Wildman–Crippen LogP) is 3.77. The average Bonchev–Trinajstić information content (AvgIpc) is 2.86. The summed E-state index contributed by atoms with van der Waals surface area (Å²) in [6.07, 6.45) is 0.288. The van der Waals surface area contributed by atoms with Gasteiger partial charge >= 0.3 is 0 Å². The smallest absolute Gasteiger partial charge is 0.128 e. The molecule has 2 aromatic carbocycles. The van der Waals surface area contributed by atoms with Crippen molar-refractivity contribution in [3.63, 3.8) is 0 Å². The molecule has 0 aliphatic carbocycles. The van der Waals surface area contributed by atoms with Gasteiger partial charge in [-0.2, -0.15) is 0 Å². The number of rotatable bonds is 2. The number of aryl methyl sites for hydroxylation is 1. The maximum absolute atomic E-state index is 10.6. The first kappa shape index (κ1) is 12.7. The Kier molecular flexibility index (Phi) is 3.33. The van der Waals surface area contributed by atoms with Gasteiger partial charge in [-0.3, -0.25) is 0 Å². The maximum atomic E-state index is 10.6. The molecule has 1 heterocycles. The summed E-state index contributed by atoms with van der Waals surface area (Å²) in [6, 6.07) is 11.9. The molecule has 3 rings (SSSR count). The Bertz CT molecular complexity index is 622. The van der Waals surface area contributed by atoms with E-state index < -0.39 is 6.10 Å². The Labute approximate surface area is 121 Å². The first-order valence-corrected chi connectivity index (χ1v) is 7.15. The molecule has 2 aromatic rings. The Hall–Kier alpha value is -1.32. The lowest BCUT2D eigenvalue weighted by Gasteiger charge is -2.17. The topological polar surface area (TPSA) is 29.5 Å². The zero-order valence-electron chi connectivity index (χ0n) is 10.7. The molecule has 0 aromatic heterocycles. The van der Waals surface area contributed by atoms with Crippen molar-refractivity contribution in [1.82, 2.24) is 0 Å². The quantitative estimate of drug-likeness (QED) is 0.913. The third-order valence-electron chi connectivity index (χ3n) is 3.57. The highest BCUT2D eigenvalue weighted by molar-refractivity contribution is 9.10. The number of halogens is 1. The second kappa shape index (κ2) is 4.99. The molecule has 19 heavy (non-hydrogen) atoms. The summed E-state index contributed by atoms with van der Waals surface area (Å²) >= 11 is 3.45. The van der Waals surface area contributed by atoms with E-state index in [1.54, 1.807) is 0 Å². The third-order valence-corrected chi connectivity index (χ3v) is 4.06. The molecule has 0 saturated heterocycles. The summed E-state index contributed by atoms with van der Waals surface area (Å²) < 4.78 is 6.69. The van der Waals surface area contributed by atoms with Gasteiger partial charge in [-0.05, 0) is 35.7 Å². The van der Waals surface area contributed by atoms with E-state index in [2.05, 4.69) is 22.0 Å². The minimum atomic E-state index is -0.638. The molecule has 3 heteroatoms. The van der Waals surface area contributed by atoms with Gasteiger partial charge in [0.2, 0.25) is 0 Å². The number of benzene rings is 2. The third kappa shape index (κ3) is 2.28. The maximum Gasteiger partial charge on any atom is 0.128 e. The van der Waals surface area contributed by atoms with Gasteiger partial charge in [0.15, 0.2) is 0 Å². The van der Waals surface area contributed by atoms with E-state index in [1.807, 2.05) is 37.3 Å². The summed E-state index contributed by atoms with van der Waals surface area (Å²) in [5.41, 5.74) is 4.04. The standard InChI is InChI=1S/C16H15BrO2/c1-10-9-12(17)5-6-13(10)15(18)14-4-2-3-11-7-8-19-16(11)14/h2-6,9,15,18H,7-8H2,1H3. The zero-order valence-corrected chi connectivity index (χ0v) is 12.3. The van der Waals surface area contributed by atoms with Crippen LogP contribution in [-0.2, 0) is 6.42 Å². The zero-order chi connectivity index (χ0) is 13.4. The van der Waals surface area contributed by atoms with E-state index in [0.29, 0.717) is 6.61 Å². The Morgan fingerprint density at radius 3 is 2.84 bits per heavy atom. The molecule has 0 amide bonds. The number of aliphatic hydroxyl groups excluding tert-OH is 1. The predicted molar refractivity (Wildman–Crippen MR) is 78.6 cm³/mol. The molecule has 1 aliphatic rings. The van der Waals surface area contributed by atoms with Gasteiger partial charge in [-0.1, -0.05) is 40.2 Å². The van der Waals surface area contributed by atoms with Crippen molar-refractivity contribution in [2.45, 2.75) is 19.4 Å². The Morgan fingerprint density at radius 1 is 1.21 bits per heavy atom. The lowest BCUT2D eigenvalue weighted by atomic mass is 9.95. The molecule has 1 unspecified atom stereocenters. The van der Waals surface area contributed by atoms with Crippen molar-refractivity contribution < 1.29 is 9.84 Å². The number of hydrogen-bond donors (Lipinski definition) is 1. The Balaban J connectivity index is 2.05. The van der Waals surface area contributed by atoms with Gasteiger partial charge in [0.1, 0.15) is 11.9 Å². The fourth-order valence-electron chi connectivity index (χ4n) is 2.57. The number of para-hydroxylation sites is 1. The van der Waals surface area contributed by atoms with Crippen LogP contribution in [0.25, 0.3) is 0 Å². The van der Waals surface area contributed by atoms with Crippen molar-refractivity contribution >= 4 is 15.9 Å². The van der Waals surface area contributed by atoms with E-state index >= 15 is 0 Å². The molecule has 1 N–H and O–H groups in total. The van der Waals surface area contributed by atoms with E-state index in [-0.39, 0.29) is 0 Å². The van der Waals surface area contributed by atoms with E-state index in [9.17, 15) is 5.11 Å². The van der Waals surface area contributed by atoms with Gasteiger partial charge in [-0.25, -0.2) is 0 Å². The molecule has 0 saturated carbocycles. The van der Waals surface area contributed by atoms with Gasteiger partial charge in [0, 0.05) is 16.5 Å². The summed E-state index contributed by atoms with van der Waals surface area (Å²) in [5.74, 6) is 0.859. The molecule has 1 aliphatic heterocycles. The van der Waals surface area contributed by atoms with Crippen LogP contribution in [0.15, 0.2) is 40.9 Å². The summed E-state index contributed by atoms with van der Waals surface area (Å²) in [7, 11) is 0. The lowest BCUT2D eigenvalue weighted by Crippen LogP contribution is -2.04. The van der Waals surface area contributed by atoms with Gasteiger partial charge < -0.3 is 9.84 Å². The van der Waals surface area contributed by atoms with Crippen molar-refractivity contribution in [3.05, 3.63) is 63.1 Å². The summed E-state index contributed by atoms with van der Waals surface area (Å²) in [5, 5.41) is 10.6. The summed E-state index contributed by atoms with van der Waals surface area (Å²) in [6.45, 7) is 2.71.